The van der Waals surface area contributed by atoms with E-state index in [1.54, 1.807) is 7.05 Å². The number of Topliss-reactive ketones (excluding diaryl/α,β-unsaturated/α-hetero) is 1. The van der Waals surface area contributed by atoms with Crippen molar-refractivity contribution >= 4 is 5.78 Å². The topological polar surface area (TPSA) is 29.1 Å². The monoisotopic (exact) mass is 263 g/mol. The molecule has 0 atom stereocenters. The molecule has 0 unspecified atom stereocenters. The first-order valence-corrected chi connectivity index (χ1v) is 5.41. The van der Waals surface area contributed by atoms with Gasteiger partial charge in [0.05, 0.1) is 5.56 Å². The average Bonchev–Trinajstić information content (AvgIpc) is 2.28. The summed E-state index contributed by atoms with van der Waals surface area (Å²) >= 11 is 0. The van der Waals surface area contributed by atoms with Crippen LogP contribution in [0.1, 0.15) is 28.8 Å². The summed E-state index contributed by atoms with van der Waals surface area (Å²) in [6.45, 7) is 0.596. The summed E-state index contributed by atoms with van der Waals surface area (Å²) in [4.78, 5) is 11.6. The maximum atomic E-state index is 13.0. The second-order valence-corrected chi connectivity index (χ2v) is 3.82. The highest BCUT2D eigenvalue weighted by Gasteiger charge is 2.34. The molecule has 0 aliphatic rings. The molecule has 0 saturated heterocycles. The summed E-state index contributed by atoms with van der Waals surface area (Å²) in [5.74, 6) is -1.79. The Labute approximate surface area is 102 Å². The lowest BCUT2D eigenvalue weighted by Crippen LogP contribution is -2.12. The number of halogens is 4. The zero-order chi connectivity index (χ0) is 13.8. The molecule has 0 bridgehead atoms. The lowest BCUT2D eigenvalue weighted by Gasteiger charge is -2.09. The summed E-state index contributed by atoms with van der Waals surface area (Å²) in [7, 11) is 1.71. The zero-order valence-electron chi connectivity index (χ0n) is 9.77. The van der Waals surface area contributed by atoms with E-state index in [1.165, 1.54) is 0 Å². The van der Waals surface area contributed by atoms with Crippen molar-refractivity contribution in [1.29, 1.82) is 0 Å². The van der Waals surface area contributed by atoms with E-state index >= 15 is 0 Å². The Morgan fingerprint density at radius 1 is 1.33 bits per heavy atom. The highest BCUT2D eigenvalue weighted by Crippen LogP contribution is 2.32. The summed E-state index contributed by atoms with van der Waals surface area (Å²) in [6.07, 6.45) is -4.14. The SMILES string of the molecule is CNCCCC(=O)c1ccc(F)c(C(F)(F)F)c1. The number of carbonyl (C=O) groups is 1. The third kappa shape index (κ3) is 3.80. The molecule has 1 aromatic rings. The van der Waals surface area contributed by atoms with Gasteiger partial charge in [-0.1, -0.05) is 0 Å². The largest absolute Gasteiger partial charge is 0.419 e. The van der Waals surface area contributed by atoms with Crippen LogP contribution >= 0.6 is 0 Å². The molecule has 1 N–H and O–H groups in total. The van der Waals surface area contributed by atoms with Crippen LogP contribution in [-0.4, -0.2) is 19.4 Å². The van der Waals surface area contributed by atoms with Crippen LogP contribution < -0.4 is 5.32 Å². The molecular weight excluding hydrogens is 250 g/mol. The molecule has 0 aromatic heterocycles. The van der Waals surface area contributed by atoms with Gasteiger partial charge < -0.3 is 5.32 Å². The van der Waals surface area contributed by atoms with Gasteiger partial charge in [-0.05, 0) is 38.2 Å². The van der Waals surface area contributed by atoms with Crippen LogP contribution in [0.5, 0.6) is 0 Å². The van der Waals surface area contributed by atoms with Crippen LogP contribution in [-0.2, 0) is 6.18 Å². The minimum absolute atomic E-state index is 0.111. The van der Waals surface area contributed by atoms with Crippen LogP contribution in [0.3, 0.4) is 0 Å². The predicted octanol–water partition coefficient (Wildman–Crippen LogP) is 3.03. The zero-order valence-corrected chi connectivity index (χ0v) is 9.77. The third-order valence-electron chi connectivity index (χ3n) is 2.42. The Bertz CT molecular complexity index is 429. The number of hydrogen-bond donors (Lipinski definition) is 1. The van der Waals surface area contributed by atoms with Crippen LogP contribution in [0.25, 0.3) is 0 Å². The fourth-order valence-corrected chi connectivity index (χ4v) is 1.49. The molecule has 1 rings (SSSR count). The quantitative estimate of drug-likeness (QED) is 0.502. The van der Waals surface area contributed by atoms with Gasteiger partial charge in [0, 0.05) is 12.0 Å². The maximum Gasteiger partial charge on any atom is 0.419 e. The summed E-state index contributed by atoms with van der Waals surface area (Å²) in [5, 5.41) is 2.83. The van der Waals surface area contributed by atoms with Gasteiger partial charge >= 0.3 is 6.18 Å². The first kappa shape index (κ1) is 14.6. The summed E-state index contributed by atoms with van der Waals surface area (Å²) in [5.41, 5.74) is -1.51. The minimum Gasteiger partial charge on any atom is -0.320 e. The highest BCUT2D eigenvalue weighted by molar-refractivity contribution is 5.96. The third-order valence-corrected chi connectivity index (χ3v) is 2.42. The molecule has 0 aliphatic carbocycles. The van der Waals surface area contributed by atoms with Crippen molar-refractivity contribution in [3.63, 3.8) is 0 Å². The van der Waals surface area contributed by atoms with Gasteiger partial charge in [0.15, 0.2) is 5.78 Å². The number of alkyl halides is 3. The molecule has 0 amide bonds. The van der Waals surface area contributed by atoms with Gasteiger partial charge in [-0.3, -0.25) is 4.79 Å². The average molecular weight is 263 g/mol. The van der Waals surface area contributed by atoms with E-state index in [0.717, 1.165) is 6.07 Å². The Balaban J connectivity index is 2.88. The van der Waals surface area contributed by atoms with Crippen molar-refractivity contribution in [2.45, 2.75) is 19.0 Å². The van der Waals surface area contributed by atoms with Crippen molar-refractivity contribution in [1.82, 2.24) is 5.32 Å². The van der Waals surface area contributed by atoms with Crippen molar-refractivity contribution < 1.29 is 22.4 Å². The van der Waals surface area contributed by atoms with E-state index in [9.17, 15) is 22.4 Å². The Morgan fingerprint density at radius 3 is 2.56 bits per heavy atom. The number of benzene rings is 1. The maximum absolute atomic E-state index is 13.0. The number of rotatable bonds is 5. The van der Waals surface area contributed by atoms with E-state index in [-0.39, 0.29) is 12.0 Å². The highest BCUT2D eigenvalue weighted by atomic mass is 19.4. The lowest BCUT2D eigenvalue weighted by atomic mass is 10.0. The number of nitrogens with one attached hydrogen (secondary N) is 1. The first-order chi connectivity index (χ1) is 8.36. The molecule has 0 fully saturated rings. The van der Waals surface area contributed by atoms with Gasteiger partial charge in [-0.25, -0.2) is 4.39 Å². The molecular formula is C12H13F4NO. The van der Waals surface area contributed by atoms with Crippen molar-refractivity contribution in [2.24, 2.45) is 0 Å². The van der Waals surface area contributed by atoms with E-state index in [2.05, 4.69) is 5.32 Å². The van der Waals surface area contributed by atoms with Gasteiger partial charge in [0.25, 0.3) is 0 Å². The van der Waals surface area contributed by atoms with E-state index in [0.29, 0.717) is 25.1 Å². The van der Waals surface area contributed by atoms with Crippen LogP contribution in [0, 0.1) is 5.82 Å². The molecule has 0 saturated carbocycles. The van der Waals surface area contributed by atoms with Crippen molar-refractivity contribution in [3.8, 4) is 0 Å². The van der Waals surface area contributed by atoms with Crippen LogP contribution in [0.15, 0.2) is 18.2 Å². The second kappa shape index (κ2) is 5.95. The number of carbonyl (C=O) groups excluding carboxylic acids is 1. The lowest BCUT2D eigenvalue weighted by molar-refractivity contribution is -0.140. The Kier molecular flexibility index (Phi) is 4.84. The summed E-state index contributed by atoms with van der Waals surface area (Å²) < 4.78 is 50.3. The standard InChI is InChI=1S/C12H13F4NO/c1-17-6-2-3-11(18)8-4-5-10(13)9(7-8)12(14,15)16/h4-5,7,17H,2-3,6H2,1H3. The number of hydrogen-bond acceptors (Lipinski definition) is 2. The van der Waals surface area contributed by atoms with Gasteiger partial charge in [0.2, 0.25) is 0 Å². The fraction of sp³-hybridized carbons (Fsp3) is 0.417. The van der Waals surface area contributed by atoms with Crippen LogP contribution in [0.4, 0.5) is 17.6 Å². The Hall–Kier alpha value is -1.43. The minimum atomic E-state index is -4.79. The van der Waals surface area contributed by atoms with E-state index in [4.69, 9.17) is 0 Å². The van der Waals surface area contributed by atoms with Gasteiger partial charge in [-0.15, -0.1) is 0 Å². The molecule has 18 heavy (non-hydrogen) atoms. The van der Waals surface area contributed by atoms with Crippen molar-refractivity contribution in [3.05, 3.63) is 35.1 Å². The molecule has 6 heteroatoms. The second-order valence-electron chi connectivity index (χ2n) is 3.82. The van der Waals surface area contributed by atoms with Gasteiger partial charge in [0.1, 0.15) is 5.82 Å². The molecule has 2 nitrogen and oxygen atoms in total. The normalized spacial score (nSPS) is 11.6. The molecule has 100 valence electrons. The fourth-order valence-electron chi connectivity index (χ4n) is 1.49. The molecule has 0 spiro atoms. The predicted molar refractivity (Wildman–Crippen MR) is 58.9 cm³/mol. The van der Waals surface area contributed by atoms with Gasteiger partial charge in [-0.2, -0.15) is 13.2 Å². The molecule has 0 heterocycles. The van der Waals surface area contributed by atoms with E-state index < -0.39 is 23.3 Å². The smallest absolute Gasteiger partial charge is 0.320 e. The summed E-state index contributed by atoms with van der Waals surface area (Å²) in [6, 6.07) is 2.32. The molecule has 0 aliphatic heterocycles. The first-order valence-electron chi connectivity index (χ1n) is 5.41. The van der Waals surface area contributed by atoms with E-state index in [1.807, 2.05) is 0 Å². The van der Waals surface area contributed by atoms with Crippen LogP contribution in [0.2, 0.25) is 0 Å². The van der Waals surface area contributed by atoms with Crippen molar-refractivity contribution in [2.75, 3.05) is 13.6 Å². The molecule has 0 radical (unpaired) electrons. The number of ketones is 1. The molecule has 1 aromatic carbocycles. The Morgan fingerprint density at radius 2 is 2.00 bits per heavy atom.